The molecular formula is C34H28Cl2NOPS. The van der Waals surface area contributed by atoms with Gasteiger partial charge in [-0.1, -0.05) is 95.7 Å². The summed E-state index contributed by atoms with van der Waals surface area (Å²) in [6.45, 7) is 2.02. The SMILES string of the molecule is Cc1ccc(C(=O)N/C(=C/Sc2ccc(Cl)cc2)[P+](c2ccccc2)(c2ccccc2)c2ccccc2)cc1.[Cl-]. The van der Waals surface area contributed by atoms with Crippen molar-refractivity contribution in [1.29, 1.82) is 0 Å². The zero-order valence-corrected chi connectivity index (χ0v) is 25.1. The molecule has 1 amide bonds. The van der Waals surface area contributed by atoms with Crippen LogP contribution in [-0.4, -0.2) is 5.91 Å². The first-order chi connectivity index (χ1) is 19.1. The van der Waals surface area contributed by atoms with Gasteiger partial charge in [-0.3, -0.25) is 10.1 Å². The zero-order valence-electron chi connectivity index (χ0n) is 21.9. The molecule has 0 radical (unpaired) electrons. The number of aryl methyl sites for hydroxylation is 1. The van der Waals surface area contributed by atoms with Crippen LogP contribution in [0.15, 0.2) is 155 Å². The summed E-state index contributed by atoms with van der Waals surface area (Å²) in [6.07, 6.45) is 0. The lowest BCUT2D eigenvalue weighted by molar-refractivity contribution is -0.0000157. The number of thioether (sulfide) groups is 1. The van der Waals surface area contributed by atoms with E-state index in [9.17, 15) is 4.79 Å². The Morgan fingerprint density at radius 3 is 1.57 bits per heavy atom. The molecule has 2 nitrogen and oxygen atoms in total. The lowest BCUT2D eigenvalue weighted by Crippen LogP contribution is -3.00. The number of hydrogen-bond acceptors (Lipinski definition) is 2. The summed E-state index contributed by atoms with van der Waals surface area (Å²) in [7, 11) is -2.51. The van der Waals surface area contributed by atoms with Crippen molar-refractivity contribution < 1.29 is 17.2 Å². The third-order valence-electron chi connectivity index (χ3n) is 6.47. The van der Waals surface area contributed by atoms with Gasteiger partial charge in [-0.15, -0.1) is 0 Å². The lowest BCUT2D eigenvalue weighted by Gasteiger charge is -2.29. The molecule has 0 aromatic heterocycles. The Labute approximate surface area is 252 Å². The van der Waals surface area contributed by atoms with Crippen LogP contribution in [-0.2, 0) is 0 Å². The Bertz CT molecular complexity index is 1460. The Morgan fingerprint density at radius 1 is 0.675 bits per heavy atom. The van der Waals surface area contributed by atoms with Crippen LogP contribution in [0.3, 0.4) is 0 Å². The maximum Gasteiger partial charge on any atom is 0.258 e. The van der Waals surface area contributed by atoms with Crippen molar-refractivity contribution in [1.82, 2.24) is 5.32 Å². The molecule has 200 valence electrons. The van der Waals surface area contributed by atoms with Gasteiger partial charge in [-0.25, -0.2) is 0 Å². The smallest absolute Gasteiger partial charge is 0.258 e. The van der Waals surface area contributed by atoms with E-state index in [0.717, 1.165) is 31.8 Å². The second kappa shape index (κ2) is 13.8. The number of carbonyl (C=O) groups excluding carboxylic acids is 1. The van der Waals surface area contributed by atoms with Gasteiger partial charge < -0.3 is 12.4 Å². The van der Waals surface area contributed by atoms with Crippen LogP contribution in [0, 0.1) is 6.92 Å². The Kier molecular flexibility index (Phi) is 10.3. The molecule has 0 saturated heterocycles. The fraction of sp³-hybridized carbons (Fsp3) is 0.0294. The number of nitrogens with one attached hydrogen (secondary N) is 1. The van der Waals surface area contributed by atoms with Crippen LogP contribution in [0.5, 0.6) is 0 Å². The van der Waals surface area contributed by atoms with Crippen LogP contribution in [0.4, 0.5) is 0 Å². The highest BCUT2D eigenvalue weighted by Crippen LogP contribution is 2.62. The quantitative estimate of drug-likeness (QED) is 0.202. The Hall–Kier alpha value is -3.33. The molecule has 5 aromatic rings. The molecule has 0 aliphatic carbocycles. The minimum absolute atomic E-state index is 0. The first-order valence-corrected chi connectivity index (χ1v) is 15.7. The van der Waals surface area contributed by atoms with Crippen molar-refractivity contribution >= 4 is 52.4 Å². The molecule has 5 aromatic carbocycles. The number of halogens is 2. The van der Waals surface area contributed by atoms with Crippen LogP contribution in [0.1, 0.15) is 15.9 Å². The van der Waals surface area contributed by atoms with Gasteiger partial charge in [0.05, 0.1) is 0 Å². The molecule has 0 bridgehead atoms. The maximum atomic E-state index is 13.8. The van der Waals surface area contributed by atoms with E-state index in [1.54, 1.807) is 11.8 Å². The van der Waals surface area contributed by atoms with E-state index in [1.807, 2.05) is 73.7 Å². The Morgan fingerprint density at radius 2 is 1.12 bits per heavy atom. The molecule has 0 heterocycles. The molecule has 0 unspecified atom stereocenters. The summed E-state index contributed by atoms with van der Waals surface area (Å²) in [4.78, 5) is 14.8. The standard InChI is InChI=1S/C34H27ClNOPS.ClH/c1-26-17-19-27(20-18-26)34(37)36-33(25-39-32-23-21-28(35)22-24-32)38(29-11-5-2-6-12-29,30-13-7-3-8-14-30)31-15-9-4-10-16-31;/h2-25H,1H3;1H/b33-25-;. The summed E-state index contributed by atoms with van der Waals surface area (Å²) in [6, 6.07) is 47.0. The van der Waals surface area contributed by atoms with E-state index in [0.29, 0.717) is 10.6 Å². The van der Waals surface area contributed by atoms with Gasteiger partial charge in [0.2, 0.25) is 0 Å². The van der Waals surface area contributed by atoms with Gasteiger partial charge in [0.15, 0.2) is 12.7 Å². The van der Waals surface area contributed by atoms with Crippen LogP contribution in [0.2, 0.25) is 5.02 Å². The van der Waals surface area contributed by atoms with Gasteiger partial charge in [0.1, 0.15) is 15.9 Å². The summed E-state index contributed by atoms with van der Waals surface area (Å²) in [5.41, 5.74) is 2.60. The molecular weight excluding hydrogens is 572 g/mol. The molecule has 40 heavy (non-hydrogen) atoms. The van der Waals surface area contributed by atoms with Crippen LogP contribution < -0.4 is 33.6 Å². The van der Waals surface area contributed by atoms with Gasteiger partial charge in [0.25, 0.3) is 5.91 Å². The summed E-state index contributed by atoms with van der Waals surface area (Å²) in [5.74, 6) is -0.134. The molecule has 0 saturated carbocycles. The zero-order chi connectivity index (χ0) is 27.1. The Balaban J connectivity index is 0.00000370. The monoisotopic (exact) mass is 599 g/mol. The largest absolute Gasteiger partial charge is 1.00 e. The van der Waals surface area contributed by atoms with E-state index in [2.05, 4.69) is 83.5 Å². The predicted molar refractivity (Wildman–Crippen MR) is 169 cm³/mol. The number of carbonyl (C=O) groups is 1. The minimum atomic E-state index is -2.51. The fourth-order valence-electron chi connectivity index (χ4n) is 4.54. The van der Waals surface area contributed by atoms with Crippen molar-refractivity contribution in [2.75, 3.05) is 0 Å². The van der Waals surface area contributed by atoms with Crippen molar-refractivity contribution in [3.05, 3.63) is 167 Å². The molecule has 0 fully saturated rings. The fourth-order valence-corrected chi connectivity index (χ4v) is 9.91. The highest BCUT2D eigenvalue weighted by atomic mass is 35.5. The van der Waals surface area contributed by atoms with Crippen LogP contribution >= 0.6 is 30.6 Å². The van der Waals surface area contributed by atoms with Crippen molar-refractivity contribution in [2.24, 2.45) is 0 Å². The second-order valence-electron chi connectivity index (χ2n) is 9.07. The normalized spacial score (nSPS) is 11.4. The average molecular weight is 601 g/mol. The molecule has 1 N–H and O–H groups in total. The first kappa shape index (κ1) is 29.6. The molecule has 0 aliphatic heterocycles. The van der Waals surface area contributed by atoms with Gasteiger partial charge in [-0.05, 0) is 79.7 Å². The number of amides is 1. The highest BCUT2D eigenvalue weighted by Gasteiger charge is 2.50. The molecule has 0 aliphatic rings. The van der Waals surface area contributed by atoms with Gasteiger partial charge in [-0.2, -0.15) is 0 Å². The lowest BCUT2D eigenvalue weighted by atomic mass is 10.1. The topological polar surface area (TPSA) is 29.1 Å². The van der Waals surface area contributed by atoms with Crippen molar-refractivity contribution in [3.8, 4) is 0 Å². The summed E-state index contributed by atoms with van der Waals surface area (Å²) < 4.78 is 0. The molecule has 0 spiro atoms. The average Bonchev–Trinajstić information content (AvgIpc) is 2.99. The second-order valence-corrected chi connectivity index (χ2v) is 13.8. The number of benzene rings is 5. The minimum Gasteiger partial charge on any atom is -1.00 e. The third kappa shape index (κ3) is 6.52. The predicted octanol–water partition coefficient (Wildman–Crippen LogP) is 4.97. The van der Waals surface area contributed by atoms with E-state index in [1.165, 1.54) is 0 Å². The van der Waals surface area contributed by atoms with E-state index >= 15 is 0 Å². The number of hydrogen-bond donors (Lipinski definition) is 1. The van der Waals surface area contributed by atoms with Crippen LogP contribution in [0.25, 0.3) is 0 Å². The van der Waals surface area contributed by atoms with E-state index < -0.39 is 7.26 Å². The van der Waals surface area contributed by atoms with E-state index in [4.69, 9.17) is 11.6 Å². The van der Waals surface area contributed by atoms with Gasteiger partial charge in [0, 0.05) is 20.9 Å². The maximum absolute atomic E-state index is 13.8. The van der Waals surface area contributed by atoms with Crippen molar-refractivity contribution in [3.63, 3.8) is 0 Å². The number of rotatable bonds is 8. The highest BCUT2D eigenvalue weighted by molar-refractivity contribution is 8.04. The van der Waals surface area contributed by atoms with Crippen molar-refractivity contribution in [2.45, 2.75) is 11.8 Å². The molecule has 0 atom stereocenters. The van der Waals surface area contributed by atoms with E-state index in [-0.39, 0.29) is 18.3 Å². The summed E-state index contributed by atoms with van der Waals surface area (Å²) in [5, 5.41) is 9.68. The molecule has 6 heteroatoms. The first-order valence-electron chi connectivity index (χ1n) is 12.6. The summed E-state index contributed by atoms with van der Waals surface area (Å²) >= 11 is 7.74. The molecule has 5 rings (SSSR count). The van der Waals surface area contributed by atoms with Gasteiger partial charge >= 0.3 is 0 Å². The third-order valence-corrected chi connectivity index (χ3v) is 12.0.